The van der Waals surface area contributed by atoms with E-state index < -0.39 is 0 Å². The van der Waals surface area contributed by atoms with E-state index in [4.69, 9.17) is 0 Å². The summed E-state index contributed by atoms with van der Waals surface area (Å²) in [6, 6.07) is 9.12. The molecule has 170 valence electrons. The van der Waals surface area contributed by atoms with Crippen molar-refractivity contribution in [1.29, 1.82) is 5.26 Å². The molecular weight excluding hydrogens is 406 g/mol. The van der Waals surface area contributed by atoms with E-state index in [1.807, 2.05) is 36.9 Å². The van der Waals surface area contributed by atoms with Crippen LogP contribution in [0.3, 0.4) is 0 Å². The summed E-state index contributed by atoms with van der Waals surface area (Å²) >= 11 is 0. The van der Waals surface area contributed by atoms with Crippen molar-refractivity contribution >= 4 is 17.7 Å². The Balaban J connectivity index is 1.41. The molecule has 3 saturated heterocycles. The van der Waals surface area contributed by atoms with E-state index in [1.165, 1.54) is 0 Å². The minimum atomic E-state index is -0.316. The fourth-order valence-corrected chi connectivity index (χ4v) is 5.52. The number of likely N-dealkylation sites (tertiary alicyclic amines) is 3. The number of rotatable bonds is 6. The molecule has 1 N–H and O–H groups in total. The van der Waals surface area contributed by atoms with Crippen LogP contribution in [0.2, 0.25) is 0 Å². The van der Waals surface area contributed by atoms with Gasteiger partial charge in [0.1, 0.15) is 6.04 Å². The second kappa shape index (κ2) is 8.91. The van der Waals surface area contributed by atoms with E-state index in [9.17, 15) is 19.6 Å². The molecule has 8 nitrogen and oxygen atoms in total. The molecule has 32 heavy (non-hydrogen) atoms. The van der Waals surface area contributed by atoms with Crippen molar-refractivity contribution in [3.63, 3.8) is 0 Å². The number of carbonyl (C=O) groups excluding carboxylic acids is 3. The molecule has 4 rings (SSSR count). The Labute approximate surface area is 189 Å². The van der Waals surface area contributed by atoms with Crippen LogP contribution in [0, 0.1) is 17.2 Å². The van der Waals surface area contributed by atoms with Crippen LogP contribution in [0.4, 0.5) is 0 Å². The Bertz CT molecular complexity index is 957. The lowest BCUT2D eigenvalue weighted by atomic mass is 10.0. The Morgan fingerprint density at radius 2 is 2.09 bits per heavy atom. The van der Waals surface area contributed by atoms with Crippen molar-refractivity contribution in [2.45, 2.75) is 57.3 Å². The minimum absolute atomic E-state index is 0.0144. The largest absolute Gasteiger partial charge is 0.355 e. The minimum Gasteiger partial charge on any atom is -0.355 e. The normalized spacial score (nSPS) is 26.8. The summed E-state index contributed by atoms with van der Waals surface area (Å²) in [5.74, 6) is -0.281. The van der Waals surface area contributed by atoms with E-state index in [0.29, 0.717) is 18.7 Å². The third-order valence-electron chi connectivity index (χ3n) is 7.20. The maximum absolute atomic E-state index is 13.2. The monoisotopic (exact) mass is 437 g/mol. The van der Waals surface area contributed by atoms with Gasteiger partial charge in [-0.2, -0.15) is 5.26 Å². The predicted octanol–water partition coefficient (Wildman–Crippen LogP) is 1.54. The van der Waals surface area contributed by atoms with Crippen LogP contribution in [0.1, 0.15) is 55.1 Å². The highest BCUT2D eigenvalue weighted by atomic mass is 16.2. The van der Waals surface area contributed by atoms with Gasteiger partial charge in [-0.3, -0.25) is 19.3 Å². The maximum atomic E-state index is 13.2. The first-order valence-electron chi connectivity index (χ1n) is 11.4. The molecule has 0 radical (unpaired) electrons. The van der Waals surface area contributed by atoms with Crippen LogP contribution in [0.5, 0.6) is 0 Å². The lowest BCUT2D eigenvalue weighted by molar-refractivity contribution is -0.142. The van der Waals surface area contributed by atoms with Gasteiger partial charge in [-0.1, -0.05) is 19.1 Å². The highest BCUT2D eigenvalue weighted by Crippen LogP contribution is 2.38. The number of nitrogens with zero attached hydrogens (tertiary/aromatic N) is 4. The highest BCUT2D eigenvalue weighted by Gasteiger charge is 2.51. The summed E-state index contributed by atoms with van der Waals surface area (Å²) in [4.78, 5) is 43.9. The van der Waals surface area contributed by atoms with Gasteiger partial charge >= 0.3 is 0 Å². The Kier molecular flexibility index (Phi) is 6.20. The van der Waals surface area contributed by atoms with Gasteiger partial charge in [-0.05, 0) is 43.9 Å². The Hall–Kier alpha value is -2.92. The third kappa shape index (κ3) is 3.86. The molecule has 3 amide bonds. The van der Waals surface area contributed by atoms with Crippen molar-refractivity contribution in [1.82, 2.24) is 20.0 Å². The lowest BCUT2D eigenvalue weighted by Crippen LogP contribution is -2.53. The van der Waals surface area contributed by atoms with Crippen LogP contribution in [0.25, 0.3) is 0 Å². The van der Waals surface area contributed by atoms with Crippen LogP contribution in [-0.4, -0.2) is 77.2 Å². The fraction of sp³-hybridized carbons (Fsp3) is 0.583. The number of amides is 3. The van der Waals surface area contributed by atoms with Gasteiger partial charge in [-0.25, -0.2) is 0 Å². The summed E-state index contributed by atoms with van der Waals surface area (Å²) < 4.78 is 0. The average Bonchev–Trinajstić information content (AvgIpc) is 3.52. The van der Waals surface area contributed by atoms with Gasteiger partial charge < -0.3 is 15.1 Å². The van der Waals surface area contributed by atoms with Crippen molar-refractivity contribution in [2.75, 3.05) is 26.7 Å². The van der Waals surface area contributed by atoms with Gasteiger partial charge in [0, 0.05) is 44.2 Å². The van der Waals surface area contributed by atoms with Crippen LogP contribution in [0.15, 0.2) is 24.3 Å². The van der Waals surface area contributed by atoms with Crippen LogP contribution in [-0.2, 0) is 9.59 Å². The number of nitriles is 1. The van der Waals surface area contributed by atoms with Gasteiger partial charge in [-0.15, -0.1) is 0 Å². The van der Waals surface area contributed by atoms with Gasteiger partial charge in [0.25, 0.3) is 5.91 Å². The standard InChI is InChI=1S/C24H31N5O3/c1-15(23(31)28-9-5-8-19(28)12-25)13-27-14-20-11-21(27)24(32)29(20)16(2)17-6-4-7-18(10-17)22(30)26-3/h4,6-7,10,15-16,19-21H,5,8-9,11,13-14H2,1-3H3,(H,26,30)/t15-,16-,19-,20-,21-/m0/s1. The summed E-state index contributed by atoms with van der Waals surface area (Å²) in [5.41, 5.74) is 1.53. The molecular formula is C24H31N5O3. The molecule has 0 aliphatic carbocycles. The highest BCUT2D eigenvalue weighted by molar-refractivity contribution is 5.94. The van der Waals surface area contributed by atoms with E-state index >= 15 is 0 Å². The molecule has 3 heterocycles. The summed E-state index contributed by atoms with van der Waals surface area (Å²) in [5, 5.41) is 11.9. The number of fused-ring (bicyclic) bond motifs is 2. The number of hydrogen-bond acceptors (Lipinski definition) is 5. The smallest absolute Gasteiger partial charge is 0.251 e. The molecule has 0 spiro atoms. The quantitative estimate of drug-likeness (QED) is 0.728. The van der Waals surface area contributed by atoms with Crippen molar-refractivity contribution < 1.29 is 14.4 Å². The fourth-order valence-electron chi connectivity index (χ4n) is 5.52. The molecule has 3 aliphatic rings. The lowest BCUT2D eigenvalue weighted by Gasteiger charge is -2.38. The molecule has 0 unspecified atom stereocenters. The molecule has 5 atom stereocenters. The molecule has 0 saturated carbocycles. The van der Waals surface area contributed by atoms with E-state index in [0.717, 1.165) is 31.4 Å². The first-order chi connectivity index (χ1) is 15.3. The first kappa shape index (κ1) is 22.3. The van der Waals surface area contributed by atoms with E-state index in [1.54, 1.807) is 18.0 Å². The maximum Gasteiger partial charge on any atom is 0.251 e. The number of carbonyl (C=O) groups is 3. The predicted molar refractivity (Wildman–Crippen MR) is 118 cm³/mol. The molecule has 0 aromatic heterocycles. The molecule has 3 fully saturated rings. The molecule has 2 bridgehead atoms. The van der Waals surface area contributed by atoms with Crippen LogP contribution >= 0.6 is 0 Å². The van der Waals surface area contributed by atoms with Crippen molar-refractivity contribution in [2.24, 2.45) is 5.92 Å². The van der Waals surface area contributed by atoms with Gasteiger partial charge in [0.15, 0.2) is 0 Å². The summed E-state index contributed by atoms with van der Waals surface area (Å²) in [7, 11) is 1.60. The van der Waals surface area contributed by atoms with E-state index in [2.05, 4.69) is 16.3 Å². The average molecular weight is 438 g/mol. The zero-order chi connectivity index (χ0) is 23.0. The number of benzene rings is 1. The van der Waals surface area contributed by atoms with Crippen molar-refractivity contribution in [3.8, 4) is 6.07 Å². The molecule has 3 aliphatic heterocycles. The van der Waals surface area contributed by atoms with Crippen molar-refractivity contribution in [3.05, 3.63) is 35.4 Å². The van der Waals surface area contributed by atoms with Gasteiger partial charge in [0.05, 0.1) is 18.2 Å². The van der Waals surface area contributed by atoms with E-state index in [-0.39, 0.29) is 47.8 Å². The Morgan fingerprint density at radius 3 is 2.78 bits per heavy atom. The molecule has 1 aromatic carbocycles. The number of nitrogens with one attached hydrogen (secondary N) is 1. The zero-order valence-electron chi connectivity index (χ0n) is 19.0. The van der Waals surface area contributed by atoms with Gasteiger partial charge in [0.2, 0.25) is 11.8 Å². The van der Waals surface area contributed by atoms with Crippen LogP contribution < -0.4 is 5.32 Å². The number of hydrogen-bond donors (Lipinski definition) is 1. The topological polar surface area (TPSA) is 96.8 Å². The second-order valence-corrected chi connectivity index (χ2v) is 9.21. The molecule has 1 aromatic rings. The third-order valence-corrected chi connectivity index (χ3v) is 7.20. The summed E-state index contributed by atoms with van der Waals surface area (Å²) in [6.07, 6.45) is 2.39. The SMILES string of the molecule is CNC(=O)c1cccc([C@H](C)N2C(=O)[C@@H]3C[C@H]2CN3C[C@H](C)C(=O)N2CCC[C@H]2C#N)c1. The number of piperazine rings is 1. The molecule has 8 heteroatoms. The zero-order valence-corrected chi connectivity index (χ0v) is 19.0. The Morgan fingerprint density at radius 1 is 1.31 bits per heavy atom. The second-order valence-electron chi connectivity index (χ2n) is 9.21. The summed E-state index contributed by atoms with van der Waals surface area (Å²) in [6.45, 7) is 5.83. The first-order valence-corrected chi connectivity index (χ1v) is 11.4.